The number of ketones is 1. The molecule has 0 aliphatic carbocycles. The third kappa shape index (κ3) is 4.91. The minimum absolute atomic E-state index is 0.0366. The summed E-state index contributed by atoms with van der Waals surface area (Å²) in [6.45, 7) is 1.71. The van der Waals surface area contributed by atoms with Gasteiger partial charge in [-0.3, -0.25) is 14.4 Å². The van der Waals surface area contributed by atoms with Crippen molar-refractivity contribution in [3.63, 3.8) is 0 Å². The minimum Gasteiger partial charge on any atom is -0.480 e. The number of rotatable bonds is 7. The number of nitrogens with zero attached hydrogens (tertiary/aromatic N) is 1. The van der Waals surface area contributed by atoms with Crippen molar-refractivity contribution in [2.75, 3.05) is 13.1 Å². The molecule has 0 atom stereocenters. The van der Waals surface area contributed by atoms with Crippen LogP contribution in [0, 0.1) is 0 Å². The molecule has 0 aliphatic rings. The number of carboxylic acid groups (broad SMARTS) is 1. The Hall–Kier alpha value is -2.17. The van der Waals surface area contributed by atoms with Crippen LogP contribution in [0.2, 0.25) is 0 Å². The average Bonchev–Trinajstić information content (AvgIpc) is 2.42. The zero-order valence-electron chi connectivity index (χ0n) is 10.8. The number of aliphatic carboxylic acids is 1. The van der Waals surface area contributed by atoms with Crippen molar-refractivity contribution in [3.8, 4) is 0 Å². The van der Waals surface area contributed by atoms with Gasteiger partial charge in [-0.05, 0) is 6.92 Å². The number of hydrogen-bond acceptors (Lipinski definition) is 3. The molecule has 0 fully saturated rings. The Morgan fingerprint density at radius 3 is 2.26 bits per heavy atom. The molecule has 0 saturated heterocycles. The number of amides is 1. The molecule has 102 valence electrons. The number of likely N-dealkylation sites (N-methyl/N-ethyl adjacent to an activating group) is 1. The number of carboxylic acids is 1. The summed E-state index contributed by atoms with van der Waals surface area (Å²) in [4.78, 5) is 35.3. The fraction of sp³-hybridized carbons (Fsp3) is 0.357. The molecule has 0 aromatic heterocycles. The first-order valence-corrected chi connectivity index (χ1v) is 6.12. The van der Waals surface area contributed by atoms with E-state index < -0.39 is 5.97 Å². The molecule has 0 radical (unpaired) electrons. The van der Waals surface area contributed by atoms with E-state index in [0.29, 0.717) is 12.1 Å². The fourth-order valence-electron chi connectivity index (χ4n) is 1.69. The van der Waals surface area contributed by atoms with E-state index in [1.54, 1.807) is 31.2 Å². The Kier molecular flexibility index (Phi) is 5.73. The largest absolute Gasteiger partial charge is 0.480 e. The minimum atomic E-state index is -1.05. The number of hydrogen-bond donors (Lipinski definition) is 1. The van der Waals surface area contributed by atoms with Crippen LogP contribution < -0.4 is 0 Å². The van der Waals surface area contributed by atoms with Gasteiger partial charge >= 0.3 is 5.97 Å². The highest BCUT2D eigenvalue weighted by Crippen LogP contribution is 2.06. The number of benzene rings is 1. The quantitative estimate of drug-likeness (QED) is 0.758. The van der Waals surface area contributed by atoms with Crippen molar-refractivity contribution in [2.24, 2.45) is 0 Å². The molecule has 0 unspecified atom stereocenters. The normalized spacial score (nSPS) is 9.95. The second-order valence-electron chi connectivity index (χ2n) is 4.09. The van der Waals surface area contributed by atoms with Crippen LogP contribution in [-0.4, -0.2) is 40.8 Å². The van der Waals surface area contributed by atoms with E-state index in [1.807, 2.05) is 6.07 Å². The average molecular weight is 263 g/mol. The highest BCUT2D eigenvalue weighted by molar-refractivity contribution is 5.98. The molecule has 5 heteroatoms. The molecule has 1 rings (SSSR count). The standard InChI is InChI=1S/C14H17NO4/c1-2-15(10-14(18)19)13(17)9-8-12(16)11-6-4-3-5-7-11/h3-7H,2,8-10H2,1H3,(H,18,19). The second-order valence-corrected chi connectivity index (χ2v) is 4.09. The van der Waals surface area contributed by atoms with Crippen LogP contribution in [0.1, 0.15) is 30.1 Å². The Morgan fingerprint density at radius 1 is 1.11 bits per heavy atom. The van der Waals surface area contributed by atoms with Crippen LogP contribution in [0.5, 0.6) is 0 Å². The molecule has 0 heterocycles. The Balaban J connectivity index is 2.49. The third-order valence-corrected chi connectivity index (χ3v) is 2.72. The molecule has 19 heavy (non-hydrogen) atoms. The maximum atomic E-state index is 11.8. The van der Waals surface area contributed by atoms with E-state index >= 15 is 0 Å². The molecule has 0 saturated carbocycles. The second kappa shape index (κ2) is 7.31. The first kappa shape index (κ1) is 14.9. The lowest BCUT2D eigenvalue weighted by atomic mass is 10.1. The van der Waals surface area contributed by atoms with Crippen LogP contribution in [0.3, 0.4) is 0 Å². The molecular weight excluding hydrogens is 246 g/mol. The summed E-state index contributed by atoms with van der Waals surface area (Å²) in [6, 6.07) is 8.73. The monoisotopic (exact) mass is 263 g/mol. The highest BCUT2D eigenvalue weighted by atomic mass is 16.4. The topological polar surface area (TPSA) is 74.7 Å². The number of carbonyl (C=O) groups is 3. The van der Waals surface area contributed by atoms with Gasteiger partial charge in [0.2, 0.25) is 5.91 Å². The first-order chi connectivity index (χ1) is 9.04. The summed E-state index contributed by atoms with van der Waals surface area (Å²) in [7, 11) is 0. The Labute approximate surface area is 111 Å². The smallest absolute Gasteiger partial charge is 0.323 e. The van der Waals surface area contributed by atoms with E-state index in [0.717, 1.165) is 0 Å². The van der Waals surface area contributed by atoms with Gasteiger partial charge in [-0.25, -0.2) is 0 Å². The van der Waals surface area contributed by atoms with Crippen LogP contribution in [0.25, 0.3) is 0 Å². The van der Waals surface area contributed by atoms with Crippen LogP contribution in [-0.2, 0) is 9.59 Å². The van der Waals surface area contributed by atoms with Gasteiger partial charge in [0.15, 0.2) is 5.78 Å². The van der Waals surface area contributed by atoms with Crippen molar-refractivity contribution in [3.05, 3.63) is 35.9 Å². The van der Waals surface area contributed by atoms with Gasteiger partial charge in [-0.1, -0.05) is 30.3 Å². The summed E-state index contributed by atoms with van der Waals surface area (Å²) in [5.74, 6) is -1.47. The first-order valence-electron chi connectivity index (χ1n) is 6.12. The Bertz CT molecular complexity index is 456. The van der Waals surface area contributed by atoms with Crippen molar-refractivity contribution in [1.29, 1.82) is 0 Å². The zero-order valence-corrected chi connectivity index (χ0v) is 10.8. The molecule has 0 spiro atoms. The van der Waals surface area contributed by atoms with E-state index in [4.69, 9.17) is 5.11 Å². The van der Waals surface area contributed by atoms with Crippen LogP contribution in [0.15, 0.2) is 30.3 Å². The van der Waals surface area contributed by atoms with E-state index in [9.17, 15) is 14.4 Å². The highest BCUT2D eigenvalue weighted by Gasteiger charge is 2.16. The summed E-state index contributed by atoms with van der Waals surface area (Å²) < 4.78 is 0. The zero-order chi connectivity index (χ0) is 14.3. The summed E-state index contributed by atoms with van der Waals surface area (Å²) in [5.41, 5.74) is 0.566. The van der Waals surface area contributed by atoms with Crippen LogP contribution in [0.4, 0.5) is 0 Å². The third-order valence-electron chi connectivity index (χ3n) is 2.72. The summed E-state index contributed by atoms with van der Waals surface area (Å²) in [6.07, 6.45) is 0.133. The summed E-state index contributed by atoms with van der Waals surface area (Å²) in [5, 5.41) is 8.66. The van der Waals surface area contributed by atoms with Gasteiger partial charge < -0.3 is 10.0 Å². The van der Waals surface area contributed by atoms with Gasteiger partial charge in [0.1, 0.15) is 6.54 Å². The van der Waals surface area contributed by atoms with Crippen molar-refractivity contribution in [1.82, 2.24) is 4.90 Å². The lowest BCUT2D eigenvalue weighted by molar-refractivity contribution is -0.144. The van der Waals surface area contributed by atoms with Gasteiger partial charge in [-0.2, -0.15) is 0 Å². The number of carbonyl (C=O) groups excluding carboxylic acids is 2. The predicted molar refractivity (Wildman–Crippen MR) is 69.9 cm³/mol. The van der Waals surface area contributed by atoms with Crippen molar-refractivity contribution >= 4 is 17.7 Å². The predicted octanol–water partition coefficient (Wildman–Crippen LogP) is 1.58. The van der Waals surface area contributed by atoms with Crippen LogP contribution >= 0.6 is 0 Å². The van der Waals surface area contributed by atoms with E-state index in [-0.39, 0.29) is 31.1 Å². The Morgan fingerprint density at radius 2 is 1.74 bits per heavy atom. The summed E-state index contributed by atoms with van der Waals surface area (Å²) >= 11 is 0. The van der Waals surface area contributed by atoms with Gasteiger partial charge in [-0.15, -0.1) is 0 Å². The molecule has 5 nitrogen and oxygen atoms in total. The SMILES string of the molecule is CCN(CC(=O)O)C(=O)CCC(=O)c1ccccc1. The molecule has 1 amide bonds. The molecule has 1 aromatic carbocycles. The fourth-order valence-corrected chi connectivity index (χ4v) is 1.69. The maximum Gasteiger partial charge on any atom is 0.323 e. The van der Waals surface area contributed by atoms with Crippen molar-refractivity contribution < 1.29 is 19.5 Å². The molecule has 0 bridgehead atoms. The van der Waals surface area contributed by atoms with Gasteiger partial charge in [0.05, 0.1) is 0 Å². The molecule has 1 N–H and O–H groups in total. The van der Waals surface area contributed by atoms with E-state index in [2.05, 4.69) is 0 Å². The lowest BCUT2D eigenvalue weighted by Gasteiger charge is -2.18. The molecular formula is C14H17NO4. The van der Waals surface area contributed by atoms with Gasteiger partial charge in [0, 0.05) is 24.9 Å². The van der Waals surface area contributed by atoms with E-state index in [1.165, 1.54) is 4.90 Å². The van der Waals surface area contributed by atoms with Crippen molar-refractivity contribution in [2.45, 2.75) is 19.8 Å². The molecule has 1 aromatic rings. The molecule has 0 aliphatic heterocycles. The maximum absolute atomic E-state index is 11.8. The number of Topliss-reactive ketones (excluding diaryl/α,β-unsaturated/α-hetero) is 1. The van der Waals surface area contributed by atoms with Gasteiger partial charge in [0.25, 0.3) is 0 Å². The lowest BCUT2D eigenvalue weighted by Crippen LogP contribution is -2.35.